The number of hydrogen-bond donors (Lipinski definition) is 2. The molecule has 1 aromatic rings. The molecular weight excluding hydrogens is 272 g/mol. The van der Waals surface area contributed by atoms with Gasteiger partial charge in [0.1, 0.15) is 0 Å². The summed E-state index contributed by atoms with van der Waals surface area (Å²) in [6, 6.07) is 5.23. The largest absolute Gasteiger partial charge is 0.339 e. The van der Waals surface area contributed by atoms with Gasteiger partial charge >= 0.3 is 0 Å². The molecule has 0 saturated carbocycles. The van der Waals surface area contributed by atoms with Gasteiger partial charge in [-0.1, -0.05) is 19.9 Å². The monoisotopic (exact) mass is 299 g/mol. The maximum absolute atomic E-state index is 12.3. The fourth-order valence-electron chi connectivity index (χ4n) is 2.27. The van der Waals surface area contributed by atoms with Crippen molar-refractivity contribution in [1.82, 2.24) is 4.72 Å². The van der Waals surface area contributed by atoms with E-state index in [1.165, 1.54) is 4.90 Å². The number of hydrogen-bond acceptors (Lipinski definition) is 2. The highest BCUT2D eigenvalue weighted by molar-refractivity contribution is 7.89. The molecule has 1 rings (SSSR count). The van der Waals surface area contributed by atoms with Gasteiger partial charge in [-0.15, -0.1) is 0 Å². The van der Waals surface area contributed by atoms with E-state index in [0.29, 0.717) is 11.4 Å². The zero-order valence-corrected chi connectivity index (χ0v) is 14.2. The molecule has 0 saturated heterocycles. The SMILES string of the molecule is Cc1ccc(S(=O)(=O)NCC(C)(C)C[NH+](C)C)cc1C. The molecule has 0 atom stereocenters. The summed E-state index contributed by atoms with van der Waals surface area (Å²) < 4.78 is 27.3. The van der Waals surface area contributed by atoms with E-state index in [-0.39, 0.29) is 5.41 Å². The van der Waals surface area contributed by atoms with Crippen LogP contribution in [0.4, 0.5) is 0 Å². The topological polar surface area (TPSA) is 50.6 Å². The second-order valence-corrected chi connectivity index (χ2v) is 8.39. The van der Waals surface area contributed by atoms with Crippen molar-refractivity contribution in [2.75, 3.05) is 27.2 Å². The normalized spacial score (nSPS) is 12.9. The van der Waals surface area contributed by atoms with E-state index in [0.717, 1.165) is 17.7 Å². The summed E-state index contributed by atoms with van der Waals surface area (Å²) in [4.78, 5) is 1.65. The molecule has 5 heteroatoms. The summed E-state index contributed by atoms with van der Waals surface area (Å²) in [6.07, 6.45) is 0. The van der Waals surface area contributed by atoms with Gasteiger partial charge in [-0.2, -0.15) is 0 Å². The summed E-state index contributed by atoms with van der Waals surface area (Å²) in [5, 5.41) is 0. The summed E-state index contributed by atoms with van der Waals surface area (Å²) >= 11 is 0. The Kier molecular flexibility index (Phi) is 5.35. The van der Waals surface area contributed by atoms with Crippen molar-refractivity contribution >= 4 is 10.0 Å². The fourth-order valence-corrected chi connectivity index (χ4v) is 3.60. The molecule has 0 amide bonds. The summed E-state index contributed by atoms with van der Waals surface area (Å²) in [6.45, 7) is 9.39. The van der Waals surface area contributed by atoms with Crippen LogP contribution in [0.25, 0.3) is 0 Å². The number of rotatable bonds is 6. The Morgan fingerprint density at radius 3 is 2.25 bits per heavy atom. The molecule has 0 aliphatic carbocycles. The Morgan fingerprint density at radius 2 is 1.75 bits per heavy atom. The van der Waals surface area contributed by atoms with Gasteiger partial charge in [-0.3, -0.25) is 0 Å². The first-order chi connectivity index (χ1) is 9.03. The number of aryl methyl sites for hydroxylation is 2. The van der Waals surface area contributed by atoms with Crippen LogP contribution in [0, 0.1) is 19.3 Å². The van der Waals surface area contributed by atoms with Crippen LogP contribution in [0.15, 0.2) is 23.1 Å². The molecular formula is C15H27N2O2S+. The van der Waals surface area contributed by atoms with Crippen molar-refractivity contribution in [2.45, 2.75) is 32.6 Å². The van der Waals surface area contributed by atoms with E-state index in [4.69, 9.17) is 0 Å². The standard InChI is InChI=1S/C15H26N2O2S/c1-12-7-8-14(9-13(12)2)20(18,19)16-10-15(3,4)11-17(5)6/h7-9,16H,10-11H2,1-6H3/p+1. The lowest BCUT2D eigenvalue weighted by Gasteiger charge is -2.26. The van der Waals surface area contributed by atoms with E-state index in [2.05, 4.69) is 32.7 Å². The van der Waals surface area contributed by atoms with Crippen LogP contribution in [-0.4, -0.2) is 35.6 Å². The maximum atomic E-state index is 12.3. The molecule has 0 aliphatic rings. The van der Waals surface area contributed by atoms with Crippen molar-refractivity contribution in [3.8, 4) is 0 Å². The fraction of sp³-hybridized carbons (Fsp3) is 0.600. The lowest BCUT2D eigenvalue weighted by Crippen LogP contribution is -3.07. The van der Waals surface area contributed by atoms with E-state index in [1.807, 2.05) is 19.9 Å². The summed E-state index contributed by atoms with van der Waals surface area (Å²) in [5.41, 5.74) is 2.01. The van der Waals surface area contributed by atoms with E-state index in [1.54, 1.807) is 12.1 Å². The maximum Gasteiger partial charge on any atom is 0.240 e. The molecule has 114 valence electrons. The number of sulfonamides is 1. The van der Waals surface area contributed by atoms with Crippen LogP contribution in [0.3, 0.4) is 0 Å². The third-order valence-electron chi connectivity index (χ3n) is 3.36. The average molecular weight is 299 g/mol. The molecule has 20 heavy (non-hydrogen) atoms. The van der Waals surface area contributed by atoms with Gasteiger partial charge in [-0.25, -0.2) is 13.1 Å². The predicted molar refractivity (Wildman–Crippen MR) is 82.6 cm³/mol. The number of nitrogens with one attached hydrogen (secondary N) is 2. The van der Waals surface area contributed by atoms with Crippen molar-refractivity contribution in [1.29, 1.82) is 0 Å². The molecule has 0 aromatic heterocycles. The molecule has 2 N–H and O–H groups in total. The molecule has 0 aliphatic heterocycles. The third kappa shape index (κ3) is 4.89. The summed E-state index contributed by atoms with van der Waals surface area (Å²) in [7, 11) is 0.710. The molecule has 0 unspecified atom stereocenters. The van der Waals surface area contributed by atoms with E-state index < -0.39 is 10.0 Å². The molecule has 4 nitrogen and oxygen atoms in total. The summed E-state index contributed by atoms with van der Waals surface area (Å²) in [5.74, 6) is 0. The van der Waals surface area contributed by atoms with Crippen LogP contribution >= 0.6 is 0 Å². The third-order valence-corrected chi connectivity index (χ3v) is 4.76. The van der Waals surface area contributed by atoms with Crippen LogP contribution in [0.2, 0.25) is 0 Å². The van der Waals surface area contributed by atoms with Gasteiger partial charge in [0.05, 0.1) is 25.5 Å². The highest BCUT2D eigenvalue weighted by Crippen LogP contribution is 2.16. The van der Waals surface area contributed by atoms with Crippen LogP contribution < -0.4 is 9.62 Å². The Morgan fingerprint density at radius 1 is 1.15 bits per heavy atom. The zero-order valence-electron chi connectivity index (χ0n) is 13.4. The van der Waals surface area contributed by atoms with Gasteiger partial charge in [-0.05, 0) is 37.1 Å². The Labute approximate surface area is 123 Å². The molecule has 0 radical (unpaired) electrons. The highest BCUT2D eigenvalue weighted by atomic mass is 32.2. The van der Waals surface area contributed by atoms with E-state index in [9.17, 15) is 8.42 Å². The Hall–Kier alpha value is -0.910. The Balaban J connectivity index is 2.82. The first-order valence-corrected chi connectivity index (χ1v) is 8.38. The highest BCUT2D eigenvalue weighted by Gasteiger charge is 2.25. The lowest BCUT2D eigenvalue weighted by atomic mass is 9.93. The molecule has 0 fully saturated rings. The van der Waals surface area contributed by atoms with E-state index >= 15 is 0 Å². The predicted octanol–water partition coefficient (Wildman–Crippen LogP) is 0.752. The first kappa shape index (κ1) is 17.1. The van der Waals surface area contributed by atoms with Crippen LogP contribution in [0.5, 0.6) is 0 Å². The minimum absolute atomic E-state index is 0.0777. The lowest BCUT2D eigenvalue weighted by molar-refractivity contribution is -0.865. The number of quaternary nitrogens is 1. The van der Waals surface area contributed by atoms with Gasteiger partial charge in [0, 0.05) is 12.0 Å². The van der Waals surface area contributed by atoms with Gasteiger partial charge < -0.3 is 4.90 Å². The minimum atomic E-state index is -3.43. The van der Waals surface area contributed by atoms with Gasteiger partial charge in [0.25, 0.3) is 0 Å². The molecule has 1 aromatic carbocycles. The van der Waals surface area contributed by atoms with Crippen molar-refractivity contribution < 1.29 is 13.3 Å². The molecule has 0 bridgehead atoms. The van der Waals surface area contributed by atoms with Crippen molar-refractivity contribution in [3.05, 3.63) is 29.3 Å². The zero-order chi connectivity index (χ0) is 15.6. The smallest absolute Gasteiger partial charge is 0.240 e. The Bertz CT molecular complexity index is 563. The second-order valence-electron chi connectivity index (χ2n) is 6.62. The van der Waals surface area contributed by atoms with Crippen molar-refractivity contribution in [3.63, 3.8) is 0 Å². The molecule has 0 spiro atoms. The van der Waals surface area contributed by atoms with Crippen LogP contribution in [0.1, 0.15) is 25.0 Å². The first-order valence-electron chi connectivity index (χ1n) is 6.89. The average Bonchev–Trinajstić information content (AvgIpc) is 2.29. The number of benzene rings is 1. The van der Waals surface area contributed by atoms with Crippen LogP contribution in [-0.2, 0) is 10.0 Å². The van der Waals surface area contributed by atoms with Crippen molar-refractivity contribution in [2.24, 2.45) is 5.41 Å². The van der Waals surface area contributed by atoms with Gasteiger partial charge in [0.2, 0.25) is 10.0 Å². The molecule has 0 heterocycles. The second kappa shape index (κ2) is 6.24. The van der Waals surface area contributed by atoms with Gasteiger partial charge in [0.15, 0.2) is 0 Å². The quantitative estimate of drug-likeness (QED) is 0.814. The minimum Gasteiger partial charge on any atom is -0.339 e.